The van der Waals surface area contributed by atoms with Gasteiger partial charge >= 0.3 is 0 Å². The van der Waals surface area contributed by atoms with E-state index in [2.05, 4.69) is 73.9 Å². The molecule has 1 heterocycles. The molecule has 0 spiro atoms. The largest absolute Gasteiger partial charge is 0.355 e. The maximum Gasteiger partial charge on any atom is 0.0395 e. The van der Waals surface area contributed by atoms with Gasteiger partial charge in [-0.2, -0.15) is 0 Å². The van der Waals surface area contributed by atoms with E-state index in [-0.39, 0.29) is 5.41 Å². The van der Waals surface area contributed by atoms with Gasteiger partial charge < -0.3 is 5.32 Å². The molecule has 0 aliphatic heterocycles. The van der Waals surface area contributed by atoms with E-state index in [0.29, 0.717) is 0 Å². The fourth-order valence-electron chi connectivity index (χ4n) is 3.30. The number of nitrogens with zero attached hydrogens (tertiary/aromatic N) is 1. The van der Waals surface area contributed by atoms with Crippen LogP contribution < -0.4 is 10.5 Å². The minimum absolute atomic E-state index is 0.0765. The van der Waals surface area contributed by atoms with Gasteiger partial charge in [-0.25, -0.2) is 0 Å². The molecule has 1 atom stereocenters. The molecular formula is C26H31N3S. The predicted molar refractivity (Wildman–Crippen MR) is 133 cm³/mol. The van der Waals surface area contributed by atoms with Gasteiger partial charge in [0.25, 0.3) is 0 Å². The van der Waals surface area contributed by atoms with Gasteiger partial charge in [-0.1, -0.05) is 74.2 Å². The molecule has 2 aromatic carbocycles. The lowest BCUT2D eigenvalue weighted by Crippen LogP contribution is -2.13. The summed E-state index contributed by atoms with van der Waals surface area (Å²) in [6.07, 6.45) is 2.76. The van der Waals surface area contributed by atoms with Gasteiger partial charge in [0, 0.05) is 33.7 Å². The molecule has 156 valence electrons. The third kappa shape index (κ3) is 5.47. The van der Waals surface area contributed by atoms with Crippen LogP contribution >= 0.6 is 10.7 Å². The average molecular weight is 418 g/mol. The third-order valence-electron chi connectivity index (χ3n) is 5.10. The van der Waals surface area contributed by atoms with Crippen molar-refractivity contribution < 1.29 is 0 Å². The summed E-state index contributed by atoms with van der Waals surface area (Å²) >= 11 is 0. The lowest BCUT2D eigenvalue weighted by Gasteiger charge is -2.22. The molecule has 0 saturated heterocycles. The van der Waals surface area contributed by atoms with Crippen LogP contribution in [0.5, 0.6) is 0 Å². The van der Waals surface area contributed by atoms with Crippen LogP contribution in [0.25, 0.3) is 5.70 Å². The van der Waals surface area contributed by atoms with Crippen molar-refractivity contribution in [1.29, 1.82) is 0 Å². The van der Waals surface area contributed by atoms with Crippen molar-refractivity contribution >= 4 is 27.9 Å². The summed E-state index contributed by atoms with van der Waals surface area (Å²) in [5, 5.41) is 9.42. The van der Waals surface area contributed by atoms with Gasteiger partial charge in [-0.15, -0.1) is 0 Å². The van der Waals surface area contributed by atoms with E-state index >= 15 is 0 Å². The van der Waals surface area contributed by atoms with Gasteiger partial charge in [-0.3, -0.25) is 10.1 Å². The fraction of sp³-hybridized carbons (Fsp3) is 0.231. The Hall–Kier alpha value is -2.69. The number of aromatic nitrogens is 1. The number of pyridine rings is 1. The second-order valence-corrected chi connectivity index (χ2v) is 10.00. The molecule has 0 saturated carbocycles. The second kappa shape index (κ2) is 8.99. The number of nitrogens with one attached hydrogen (secondary N) is 1. The second-order valence-electron chi connectivity index (χ2n) is 8.67. The molecule has 1 unspecified atom stereocenters. The first kappa shape index (κ1) is 22.0. The zero-order chi connectivity index (χ0) is 21.9. The summed E-state index contributed by atoms with van der Waals surface area (Å²) in [5.41, 5.74) is 7.76. The first-order valence-corrected chi connectivity index (χ1v) is 11.5. The van der Waals surface area contributed by atoms with E-state index in [0.717, 1.165) is 34.0 Å². The Morgan fingerprint density at radius 1 is 1.10 bits per heavy atom. The molecule has 1 aromatic heterocycles. The highest BCUT2D eigenvalue weighted by atomic mass is 32.2. The van der Waals surface area contributed by atoms with E-state index < -0.39 is 10.7 Å². The summed E-state index contributed by atoms with van der Waals surface area (Å²) in [5.74, 6) is 3.94. The maximum atomic E-state index is 5.96. The fourth-order valence-corrected chi connectivity index (χ4v) is 3.83. The minimum atomic E-state index is -0.521. The monoisotopic (exact) mass is 417 g/mol. The molecule has 0 fully saturated rings. The standard InChI is InChI=1S/C26H31N3S/c1-18-10-11-20(17-28-18)14-21-15-22(26(3,4)5)12-13-25(21)19(2)29-23-8-7-9-24(16-23)30(6)27/h7-13,15-17,29H,2,6,14,27H2,1,3-5H3. The van der Waals surface area contributed by atoms with E-state index in [4.69, 9.17) is 5.14 Å². The van der Waals surface area contributed by atoms with Crippen LogP contribution in [0.3, 0.4) is 0 Å². The van der Waals surface area contributed by atoms with E-state index in [1.165, 1.54) is 16.7 Å². The van der Waals surface area contributed by atoms with Crippen LogP contribution in [-0.2, 0) is 11.8 Å². The summed E-state index contributed by atoms with van der Waals surface area (Å²) < 4.78 is 0. The third-order valence-corrected chi connectivity index (χ3v) is 5.96. The topological polar surface area (TPSA) is 50.9 Å². The van der Waals surface area contributed by atoms with Crippen molar-refractivity contribution in [3.63, 3.8) is 0 Å². The maximum absolute atomic E-state index is 5.96. The number of benzene rings is 2. The van der Waals surface area contributed by atoms with Crippen molar-refractivity contribution in [3.05, 3.63) is 95.3 Å². The number of hydrogen-bond acceptors (Lipinski definition) is 3. The molecule has 3 rings (SSSR count). The highest BCUT2D eigenvalue weighted by molar-refractivity contribution is 8.12. The van der Waals surface area contributed by atoms with Crippen LogP contribution in [0.15, 0.2) is 72.3 Å². The summed E-state index contributed by atoms with van der Waals surface area (Å²) in [6.45, 7) is 13.0. The Morgan fingerprint density at radius 2 is 1.87 bits per heavy atom. The summed E-state index contributed by atoms with van der Waals surface area (Å²) in [6, 6.07) is 18.9. The Balaban J connectivity index is 1.95. The Labute approximate surface area is 183 Å². The number of rotatable bonds is 6. The number of aryl methyl sites for hydroxylation is 1. The van der Waals surface area contributed by atoms with Crippen LogP contribution in [0.2, 0.25) is 0 Å². The SMILES string of the molecule is C=C(Nc1cccc(S(=C)N)c1)c1ccc(C(C)(C)C)cc1Cc1ccc(C)nc1. The Morgan fingerprint density at radius 3 is 2.50 bits per heavy atom. The van der Waals surface area contributed by atoms with Crippen LogP contribution in [0.1, 0.15) is 48.7 Å². The van der Waals surface area contributed by atoms with E-state index in [1.54, 1.807) is 0 Å². The van der Waals surface area contributed by atoms with Crippen LogP contribution in [-0.4, -0.2) is 10.9 Å². The van der Waals surface area contributed by atoms with Crippen molar-refractivity contribution in [2.24, 2.45) is 5.14 Å². The molecule has 0 amide bonds. The highest BCUT2D eigenvalue weighted by Crippen LogP contribution is 2.30. The molecule has 0 radical (unpaired) electrons. The molecule has 4 heteroatoms. The molecule has 3 nitrogen and oxygen atoms in total. The zero-order valence-electron chi connectivity index (χ0n) is 18.3. The van der Waals surface area contributed by atoms with Gasteiger partial charge in [0.2, 0.25) is 0 Å². The number of nitrogens with two attached hydrogens (primary N) is 1. The average Bonchev–Trinajstić information content (AvgIpc) is 2.69. The molecule has 3 aromatic rings. The summed E-state index contributed by atoms with van der Waals surface area (Å²) in [7, 11) is -0.521. The van der Waals surface area contributed by atoms with Crippen molar-refractivity contribution in [2.45, 2.75) is 44.4 Å². The first-order valence-electron chi connectivity index (χ1n) is 10.0. The zero-order valence-corrected chi connectivity index (χ0v) is 19.1. The van der Waals surface area contributed by atoms with Crippen LogP contribution in [0.4, 0.5) is 5.69 Å². The van der Waals surface area contributed by atoms with E-state index in [1.807, 2.05) is 37.4 Å². The van der Waals surface area contributed by atoms with Gasteiger partial charge in [0.15, 0.2) is 0 Å². The molecule has 0 bridgehead atoms. The van der Waals surface area contributed by atoms with Crippen molar-refractivity contribution in [3.8, 4) is 0 Å². The van der Waals surface area contributed by atoms with Gasteiger partial charge in [0.05, 0.1) is 0 Å². The van der Waals surface area contributed by atoms with Gasteiger partial charge in [-0.05, 0) is 59.7 Å². The van der Waals surface area contributed by atoms with E-state index in [9.17, 15) is 0 Å². The summed E-state index contributed by atoms with van der Waals surface area (Å²) in [4.78, 5) is 5.48. The normalized spacial score (nSPS) is 12.4. The Kier molecular flexibility index (Phi) is 6.59. The highest BCUT2D eigenvalue weighted by Gasteiger charge is 2.17. The van der Waals surface area contributed by atoms with Crippen molar-refractivity contribution in [2.75, 3.05) is 5.32 Å². The smallest absolute Gasteiger partial charge is 0.0395 e. The molecule has 30 heavy (non-hydrogen) atoms. The molecular weight excluding hydrogens is 386 g/mol. The predicted octanol–water partition coefficient (Wildman–Crippen LogP) is 6.29. The Bertz CT molecular complexity index is 1080. The molecule has 0 aliphatic rings. The quantitative estimate of drug-likeness (QED) is 0.463. The van der Waals surface area contributed by atoms with Gasteiger partial charge in [0.1, 0.15) is 0 Å². The van der Waals surface area contributed by atoms with Crippen molar-refractivity contribution in [1.82, 2.24) is 4.98 Å². The number of hydrogen-bond donors (Lipinski definition) is 2. The lowest BCUT2D eigenvalue weighted by atomic mass is 9.84. The van der Waals surface area contributed by atoms with Crippen LogP contribution in [0, 0.1) is 6.92 Å². The molecule has 3 N–H and O–H groups in total. The number of anilines is 1. The lowest BCUT2D eigenvalue weighted by molar-refractivity contribution is 0.589. The molecule has 0 aliphatic carbocycles. The first-order chi connectivity index (χ1) is 14.1. The minimum Gasteiger partial charge on any atom is -0.355 e.